The van der Waals surface area contributed by atoms with Gasteiger partial charge in [-0.1, -0.05) is 18.2 Å². The van der Waals surface area contributed by atoms with Crippen molar-refractivity contribution in [1.82, 2.24) is 0 Å². The molecule has 102 valence electrons. The zero-order chi connectivity index (χ0) is 14.5. The fourth-order valence-corrected chi connectivity index (χ4v) is 1.68. The molecule has 2 rings (SSSR count). The summed E-state index contributed by atoms with van der Waals surface area (Å²) >= 11 is 4.75. The van der Waals surface area contributed by atoms with Crippen molar-refractivity contribution in [2.45, 2.75) is 0 Å². The van der Waals surface area contributed by atoms with Crippen molar-refractivity contribution in [3.63, 3.8) is 0 Å². The summed E-state index contributed by atoms with van der Waals surface area (Å²) in [6.45, 7) is 0. The first-order valence-corrected chi connectivity index (χ1v) is 6.05. The Hall–Kier alpha value is -2.67. The van der Waals surface area contributed by atoms with Gasteiger partial charge in [0.2, 0.25) is 0 Å². The predicted octanol–water partition coefficient (Wildman–Crippen LogP) is 3.04. The molecule has 0 unspecified atom stereocenters. The number of nitrogens with zero attached hydrogens (tertiary/aromatic N) is 1. The summed E-state index contributed by atoms with van der Waals surface area (Å²) in [5.41, 5.74) is 5.67. The predicted molar refractivity (Wildman–Crippen MR) is 80.0 cm³/mol. The zero-order valence-corrected chi connectivity index (χ0v) is 11.1. The molecule has 0 radical (unpaired) electrons. The summed E-state index contributed by atoms with van der Waals surface area (Å²) in [5.74, 6) is 1.00. The average molecular weight is 289 g/mol. The SMILES string of the molecule is NC(=S)Nc1cc([N+](=O)[O-])ccc1Oc1ccccc1. The van der Waals surface area contributed by atoms with Crippen molar-refractivity contribution in [2.75, 3.05) is 5.32 Å². The third-order valence-corrected chi connectivity index (χ3v) is 2.50. The van der Waals surface area contributed by atoms with Gasteiger partial charge in [-0.3, -0.25) is 10.1 Å². The van der Waals surface area contributed by atoms with Crippen LogP contribution in [-0.4, -0.2) is 10.0 Å². The van der Waals surface area contributed by atoms with Crippen LogP contribution in [0.25, 0.3) is 0 Å². The van der Waals surface area contributed by atoms with E-state index in [-0.39, 0.29) is 10.8 Å². The lowest BCUT2D eigenvalue weighted by molar-refractivity contribution is -0.384. The van der Waals surface area contributed by atoms with Crippen molar-refractivity contribution in [2.24, 2.45) is 5.73 Å². The molecule has 20 heavy (non-hydrogen) atoms. The molecule has 2 aromatic rings. The average Bonchev–Trinajstić information content (AvgIpc) is 2.41. The van der Waals surface area contributed by atoms with Crippen LogP contribution in [0.2, 0.25) is 0 Å². The molecule has 0 aliphatic rings. The quantitative estimate of drug-likeness (QED) is 0.511. The molecule has 0 atom stereocenters. The largest absolute Gasteiger partial charge is 0.455 e. The molecule has 0 aliphatic heterocycles. The maximum atomic E-state index is 10.8. The monoisotopic (exact) mass is 289 g/mol. The first kappa shape index (κ1) is 13.8. The van der Waals surface area contributed by atoms with Crippen molar-refractivity contribution < 1.29 is 9.66 Å². The molecule has 0 bridgehead atoms. The lowest BCUT2D eigenvalue weighted by Crippen LogP contribution is -2.19. The lowest BCUT2D eigenvalue weighted by atomic mass is 10.2. The van der Waals surface area contributed by atoms with Crippen molar-refractivity contribution in [1.29, 1.82) is 0 Å². The minimum absolute atomic E-state index is 0.00316. The highest BCUT2D eigenvalue weighted by atomic mass is 32.1. The minimum atomic E-state index is -0.503. The third-order valence-electron chi connectivity index (χ3n) is 2.40. The van der Waals surface area contributed by atoms with Crippen LogP contribution < -0.4 is 15.8 Å². The fraction of sp³-hybridized carbons (Fsp3) is 0. The second-order valence-electron chi connectivity index (χ2n) is 3.84. The second-order valence-corrected chi connectivity index (χ2v) is 4.28. The summed E-state index contributed by atoms with van der Waals surface area (Å²) in [6.07, 6.45) is 0. The topological polar surface area (TPSA) is 90.4 Å². The molecule has 0 saturated heterocycles. The van der Waals surface area contributed by atoms with Gasteiger partial charge in [0.15, 0.2) is 10.9 Å². The second kappa shape index (κ2) is 5.98. The van der Waals surface area contributed by atoms with Gasteiger partial charge in [0.1, 0.15) is 5.75 Å². The number of nitro groups is 1. The molecule has 6 nitrogen and oxygen atoms in total. The molecule has 3 N–H and O–H groups in total. The molecule has 0 aromatic heterocycles. The van der Waals surface area contributed by atoms with Gasteiger partial charge in [-0.25, -0.2) is 0 Å². The maximum absolute atomic E-state index is 10.8. The van der Waals surface area contributed by atoms with Gasteiger partial charge in [-0.2, -0.15) is 0 Å². The highest BCUT2D eigenvalue weighted by Gasteiger charge is 2.12. The van der Waals surface area contributed by atoms with E-state index in [0.29, 0.717) is 17.2 Å². The van der Waals surface area contributed by atoms with Gasteiger partial charge in [0.05, 0.1) is 10.6 Å². The third kappa shape index (κ3) is 3.42. The highest BCUT2D eigenvalue weighted by Crippen LogP contribution is 2.32. The fourth-order valence-electron chi connectivity index (χ4n) is 1.57. The van der Waals surface area contributed by atoms with Crippen LogP contribution in [-0.2, 0) is 0 Å². The van der Waals surface area contributed by atoms with E-state index >= 15 is 0 Å². The van der Waals surface area contributed by atoms with E-state index in [1.54, 1.807) is 12.1 Å². The van der Waals surface area contributed by atoms with Gasteiger partial charge in [0.25, 0.3) is 5.69 Å². The number of para-hydroxylation sites is 1. The molecule has 0 fully saturated rings. The normalized spacial score (nSPS) is 9.80. The van der Waals surface area contributed by atoms with Crippen LogP contribution in [0.5, 0.6) is 11.5 Å². The van der Waals surface area contributed by atoms with E-state index in [1.807, 2.05) is 18.2 Å². The maximum Gasteiger partial charge on any atom is 0.271 e. The van der Waals surface area contributed by atoms with Crippen molar-refractivity contribution >= 4 is 28.7 Å². The molecule has 0 saturated carbocycles. The van der Waals surface area contributed by atoms with Crippen molar-refractivity contribution in [3.05, 3.63) is 58.6 Å². The summed E-state index contributed by atoms with van der Waals surface area (Å²) in [7, 11) is 0. The number of benzene rings is 2. The number of hydrogen-bond acceptors (Lipinski definition) is 4. The van der Waals surface area contributed by atoms with E-state index < -0.39 is 4.92 Å². The van der Waals surface area contributed by atoms with Gasteiger partial charge in [0, 0.05) is 12.1 Å². The van der Waals surface area contributed by atoms with E-state index in [2.05, 4.69) is 5.32 Å². The molecule has 0 aliphatic carbocycles. The van der Waals surface area contributed by atoms with Crippen LogP contribution in [0.1, 0.15) is 0 Å². The Kier molecular flexibility index (Phi) is 4.11. The Bertz CT molecular complexity index is 647. The van der Waals surface area contributed by atoms with E-state index in [4.69, 9.17) is 22.7 Å². The Morgan fingerprint density at radius 2 is 1.95 bits per heavy atom. The Labute approximate surface area is 120 Å². The molecule has 0 heterocycles. The molecular formula is C13H11N3O3S. The molecular weight excluding hydrogens is 278 g/mol. The number of nitro benzene ring substituents is 1. The number of thiocarbonyl (C=S) groups is 1. The van der Waals surface area contributed by atoms with Crippen molar-refractivity contribution in [3.8, 4) is 11.5 Å². The highest BCUT2D eigenvalue weighted by molar-refractivity contribution is 7.80. The molecule has 2 aromatic carbocycles. The summed E-state index contributed by atoms with van der Waals surface area (Å²) in [6, 6.07) is 13.2. The number of ether oxygens (including phenoxy) is 1. The molecule has 0 spiro atoms. The van der Waals surface area contributed by atoms with Crippen LogP contribution in [0.15, 0.2) is 48.5 Å². The number of anilines is 1. The Morgan fingerprint density at radius 3 is 2.55 bits per heavy atom. The van der Waals surface area contributed by atoms with Gasteiger partial charge in [-0.05, 0) is 30.4 Å². The molecule has 0 amide bonds. The number of rotatable bonds is 4. The summed E-state index contributed by atoms with van der Waals surface area (Å²) < 4.78 is 5.64. The number of hydrogen-bond donors (Lipinski definition) is 2. The summed E-state index contributed by atoms with van der Waals surface area (Å²) in [4.78, 5) is 10.3. The van der Waals surface area contributed by atoms with Gasteiger partial charge >= 0.3 is 0 Å². The summed E-state index contributed by atoms with van der Waals surface area (Å²) in [5, 5.41) is 13.5. The Morgan fingerprint density at radius 1 is 1.25 bits per heavy atom. The Balaban J connectivity index is 2.36. The zero-order valence-electron chi connectivity index (χ0n) is 10.3. The minimum Gasteiger partial charge on any atom is -0.455 e. The number of nitrogens with two attached hydrogens (primary N) is 1. The van der Waals surface area contributed by atoms with Gasteiger partial charge < -0.3 is 15.8 Å². The number of non-ortho nitro benzene ring substituents is 1. The van der Waals surface area contributed by atoms with Gasteiger partial charge in [-0.15, -0.1) is 0 Å². The number of nitrogens with one attached hydrogen (secondary N) is 1. The lowest BCUT2D eigenvalue weighted by Gasteiger charge is -2.11. The standard InChI is InChI=1S/C13H11N3O3S/c14-13(20)15-11-8-9(16(17)18)6-7-12(11)19-10-4-2-1-3-5-10/h1-8H,(H3,14,15,20). The van der Waals surface area contributed by atoms with Crippen LogP contribution in [0.3, 0.4) is 0 Å². The first-order valence-electron chi connectivity index (χ1n) is 5.64. The van der Waals surface area contributed by atoms with Crippen LogP contribution >= 0.6 is 12.2 Å². The van der Waals surface area contributed by atoms with E-state index in [1.165, 1.54) is 18.2 Å². The van der Waals surface area contributed by atoms with Crippen LogP contribution in [0.4, 0.5) is 11.4 Å². The first-order chi connectivity index (χ1) is 9.56. The smallest absolute Gasteiger partial charge is 0.271 e. The molecule has 7 heteroatoms. The van der Waals surface area contributed by atoms with Crippen LogP contribution in [0, 0.1) is 10.1 Å². The van der Waals surface area contributed by atoms with E-state index in [9.17, 15) is 10.1 Å². The van der Waals surface area contributed by atoms with E-state index in [0.717, 1.165) is 0 Å².